The average molecular weight is 573 g/mol. The molecule has 0 spiro atoms. The summed E-state index contributed by atoms with van der Waals surface area (Å²) in [6, 6.07) is 0. The Labute approximate surface area is 202 Å². The van der Waals surface area contributed by atoms with Crippen molar-refractivity contribution in [2.45, 2.75) is 37.4 Å². The lowest BCUT2D eigenvalue weighted by molar-refractivity contribution is -0.0503. The van der Waals surface area contributed by atoms with E-state index in [0.29, 0.717) is 0 Å². The zero-order chi connectivity index (χ0) is 26.7. The van der Waals surface area contributed by atoms with Crippen LogP contribution in [0.3, 0.4) is 0 Å². The third kappa shape index (κ3) is 7.15. The van der Waals surface area contributed by atoms with Crippen LogP contribution in [-0.2, 0) is 36.1 Å². The van der Waals surface area contributed by atoms with Gasteiger partial charge in [-0.3, -0.25) is 13.6 Å². The first kappa shape index (κ1) is 28.8. The van der Waals surface area contributed by atoms with Gasteiger partial charge in [-0.2, -0.15) is 8.62 Å². The van der Waals surface area contributed by atoms with Gasteiger partial charge in [0.25, 0.3) is 0 Å². The third-order valence-electron chi connectivity index (χ3n) is 4.53. The number of aromatic nitrogens is 4. The van der Waals surface area contributed by atoms with E-state index >= 15 is 0 Å². The summed E-state index contributed by atoms with van der Waals surface area (Å²) in [6.07, 6.45) is 1.64. The van der Waals surface area contributed by atoms with Crippen LogP contribution in [0.2, 0.25) is 0 Å². The minimum atomic E-state index is -5.67. The lowest BCUT2D eigenvalue weighted by Gasteiger charge is -2.20. The molecule has 3 heterocycles. The van der Waals surface area contributed by atoms with E-state index in [2.05, 4.69) is 38.5 Å². The van der Waals surface area contributed by atoms with Crippen molar-refractivity contribution in [2.75, 3.05) is 18.9 Å². The summed E-state index contributed by atoms with van der Waals surface area (Å²) in [6.45, 7) is -1.36. The molecule has 0 bridgehead atoms. The highest BCUT2D eigenvalue weighted by molar-refractivity contribution is 7.66. The predicted molar refractivity (Wildman–Crippen MR) is 117 cm³/mol. The maximum absolute atomic E-state index is 12.1. The van der Waals surface area contributed by atoms with Crippen molar-refractivity contribution in [3.63, 3.8) is 0 Å². The molecular formula is C15H22N5O13P3. The second kappa shape index (κ2) is 11.3. The van der Waals surface area contributed by atoms with Gasteiger partial charge in [-0.05, 0) is 6.42 Å². The van der Waals surface area contributed by atoms with E-state index < -0.39 is 61.2 Å². The molecule has 1 fully saturated rings. The number of aliphatic hydroxyl groups is 2. The van der Waals surface area contributed by atoms with Crippen molar-refractivity contribution < 1.29 is 61.0 Å². The fourth-order valence-corrected chi connectivity index (χ4v) is 6.54. The molecule has 21 heteroatoms. The van der Waals surface area contributed by atoms with Gasteiger partial charge >= 0.3 is 23.5 Å². The van der Waals surface area contributed by atoms with Gasteiger partial charge in [0.2, 0.25) is 0 Å². The highest BCUT2D eigenvalue weighted by Gasteiger charge is 2.47. The Bertz CT molecular complexity index is 1270. The second-order valence-electron chi connectivity index (χ2n) is 7.13. The molecule has 1 saturated heterocycles. The summed E-state index contributed by atoms with van der Waals surface area (Å²) in [5.74, 6) is 2.28. The number of hydrogen-bond donors (Lipinski definition) is 6. The van der Waals surface area contributed by atoms with Gasteiger partial charge in [0.1, 0.15) is 30.2 Å². The number of terminal acetylenes is 1. The molecule has 36 heavy (non-hydrogen) atoms. The number of nitrogens with two attached hydrogens (primary N) is 1. The topological polar surface area (TPSA) is 268 Å². The SMILES string of the molecule is C#CCCCOP(=O)(O)OP(=O)(O)OP(=O)(O)OC[C@H]1O[C@@H](n2cnc3c(N)ncnc32)[C@H](O)[C@@H]1O. The van der Waals surface area contributed by atoms with E-state index in [9.17, 15) is 38.6 Å². The third-order valence-corrected chi connectivity index (χ3v) is 8.82. The van der Waals surface area contributed by atoms with Crippen LogP contribution in [0.1, 0.15) is 19.1 Å². The van der Waals surface area contributed by atoms with Crippen LogP contribution in [0.25, 0.3) is 11.2 Å². The van der Waals surface area contributed by atoms with Crippen molar-refractivity contribution in [3.05, 3.63) is 12.7 Å². The van der Waals surface area contributed by atoms with E-state index in [1.807, 2.05) is 0 Å². The van der Waals surface area contributed by atoms with Gasteiger partial charge in [0, 0.05) is 6.42 Å². The molecule has 1 aliphatic rings. The molecule has 3 unspecified atom stereocenters. The van der Waals surface area contributed by atoms with Crippen LogP contribution < -0.4 is 5.73 Å². The molecule has 0 saturated carbocycles. The second-order valence-corrected chi connectivity index (χ2v) is 11.8. The van der Waals surface area contributed by atoms with Gasteiger partial charge in [0.05, 0.1) is 19.5 Å². The van der Waals surface area contributed by atoms with Gasteiger partial charge < -0.3 is 35.4 Å². The fraction of sp³-hybridized carbons (Fsp3) is 0.533. The van der Waals surface area contributed by atoms with E-state index in [-0.39, 0.29) is 29.8 Å². The van der Waals surface area contributed by atoms with E-state index in [4.69, 9.17) is 16.9 Å². The van der Waals surface area contributed by atoms with Crippen LogP contribution in [-0.4, -0.2) is 75.9 Å². The smallest absolute Gasteiger partial charge is 0.387 e. The summed E-state index contributed by atoms with van der Waals surface area (Å²) >= 11 is 0. The minimum Gasteiger partial charge on any atom is -0.387 e. The highest BCUT2D eigenvalue weighted by Crippen LogP contribution is 2.67. The molecule has 7 N–H and O–H groups in total. The lowest BCUT2D eigenvalue weighted by atomic mass is 10.1. The number of fused-ring (bicyclic) bond motifs is 1. The number of imidazole rings is 1. The fourth-order valence-electron chi connectivity index (χ4n) is 3.00. The molecule has 1 aliphatic heterocycles. The van der Waals surface area contributed by atoms with Gasteiger partial charge in [0.15, 0.2) is 17.7 Å². The van der Waals surface area contributed by atoms with E-state index in [0.717, 1.165) is 6.33 Å². The molecular weight excluding hydrogens is 551 g/mol. The Hall–Kier alpha value is -1.80. The lowest BCUT2D eigenvalue weighted by Crippen LogP contribution is -2.33. The zero-order valence-electron chi connectivity index (χ0n) is 18.1. The Morgan fingerprint density at radius 2 is 1.72 bits per heavy atom. The quantitative estimate of drug-likeness (QED) is 0.109. The van der Waals surface area contributed by atoms with Crippen molar-refractivity contribution in [2.24, 2.45) is 0 Å². The first-order valence-electron chi connectivity index (χ1n) is 9.83. The molecule has 0 aliphatic carbocycles. The van der Waals surface area contributed by atoms with Crippen LogP contribution in [0.15, 0.2) is 12.7 Å². The van der Waals surface area contributed by atoms with Gasteiger partial charge in [-0.1, -0.05) is 0 Å². The summed E-state index contributed by atoms with van der Waals surface area (Å²) < 4.78 is 59.3. The number of aliphatic hydroxyl groups excluding tert-OH is 2. The number of hydrogen-bond acceptors (Lipinski definition) is 14. The number of rotatable bonds is 12. The highest BCUT2D eigenvalue weighted by atomic mass is 31.3. The number of unbranched alkanes of at least 4 members (excludes halogenated alkanes) is 1. The Kier molecular flexibility index (Phi) is 9.03. The molecule has 0 amide bonds. The summed E-state index contributed by atoms with van der Waals surface area (Å²) in [7, 11) is -16.3. The van der Waals surface area contributed by atoms with Crippen molar-refractivity contribution >= 4 is 40.4 Å². The summed E-state index contributed by atoms with van der Waals surface area (Å²) in [5.41, 5.74) is 6.05. The first-order chi connectivity index (χ1) is 16.8. The number of phosphoric acid groups is 3. The molecule has 200 valence electrons. The molecule has 0 aromatic carbocycles. The standard InChI is InChI=1S/C15H22N5O13P3/c1-2-3-4-5-29-34(23,24)32-36(27,28)33-35(25,26)30-6-9-11(21)12(22)15(31-9)20-8-19-10-13(16)17-7-18-14(10)20/h1,7-9,11-12,15,21-22H,3-6H2,(H,23,24)(H,25,26)(H,27,28)(H2,16,17,18)/t9-,11-,12-,15-/m1/s1. The van der Waals surface area contributed by atoms with Crippen LogP contribution in [0.4, 0.5) is 5.82 Å². The van der Waals surface area contributed by atoms with Crippen molar-refractivity contribution in [3.8, 4) is 12.3 Å². The van der Waals surface area contributed by atoms with Crippen molar-refractivity contribution in [1.29, 1.82) is 0 Å². The summed E-state index contributed by atoms with van der Waals surface area (Å²) in [4.78, 5) is 40.5. The largest absolute Gasteiger partial charge is 0.490 e. The van der Waals surface area contributed by atoms with Gasteiger partial charge in [-0.15, -0.1) is 12.3 Å². The van der Waals surface area contributed by atoms with E-state index in [1.54, 1.807) is 0 Å². The Morgan fingerprint density at radius 3 is 2.39 bits per heavy atom. The van der Waals surface area contributed by atoms with Crippen LogP contribution >= 0.6 is 23.5 Å². The normalized spacial score (nSPS) is 27.2. The number of nitrogen functional groups attached to an aromatic ring is 1. The first-order valence-corrected chi connectivity index (χ1v) is 14.3. The van der Waals surface area contributed by atoms with Gasteiger partial charge in [-0.25, -0.2) is 28.6 Å². The predicted octanol–water partition coefficient (Wildman–Crippen LogP) is -0.191. The summed E-state index contributed by atoms with van der Waals surface area (Å²) in [5, 5.41) is 20.6. The Balaban J connectivity index is 1.60. The van der Waals surface area contributed by atoms with Crippen LogP contribution in [0, 0.1) is 12.3 Å². The zero-order valence-corrected chi connectivity index (χ0v) is 20.8. The number of ether oxygens (including phenoxy) is 1. The monoisotopic (exact) mass is 573 g/mol. The van der Waals surface area contributed by atoms with E-state index in [1.165, 1.54) is 10.9 Å². The maximum Gasteiger partial charge on any atom is 0.490 e. The number of phosphoric ester groups is 2. The molecule has 3 rings (SSSR count). The average Bonchev–Trinajstić information content (AvgIpc) is 3.31. The maximum atomic E-state index is 12.1. The number of nitrogens with zero attached hydrogens (tertiary/aromatic N) is 4. The van der Waals surface area contributed by atoms with Crippen LogP contribution in [0.5, 0.6) is 0 Å². The Morgan fingerprint density at radius 1 is 1.06 bits per heavy atom. The molecule has 18 nitrogen and oxygen atoms in total. The molecule has 2 aromatic rings. The van der Waals surface area contributed by atoms with Crippen molar-refractivity contribution in [1.82, 2.24) is 19.5 Å². The molecule has 0 radical (unpaired) electrons. The molecule has 7 atom stereocenters. The minimum absolute atomic E-state index is 0.0473. The number of anilines is 1. The molecule has 2 aromatic heterocycles.